The third kappa shape index (κ3) is 3.40. The molecule has 0 aliphatic heterocycles. The lowest BCUT2D eigenvalue weighted by Gasteiger charge is -2.06. The van der Waals surface area contributed by atoms with Crippen LogP contribution in [0.25, 0.3) is 0 Å². The molecule has 19 heavy (non-hydrogen) atoms. The van der Waals surface area contributed by atoms with Gasteiger partial charge < -0.3 is 5.11 Å². The number of aromatic nitrogens is 4. The van der Waals surface area contributed by atoms with Crippen molar-refractivity contribution in [2.24, 2.45) is 0 Å². The Balaban J connectivity index is 1.88. The van der Waals surface area contributed by atoms with Gasteiger partial charge >= 0.3 is 0 Å². The fraction of sp³-hybridized carbons (Fsp3) is 0.400. The summed E-state index contributed by atoms with van der Waals surface area (Å²) < 4.78 is 28.0. The first-order valence-electron chi connectivity index (χ1n) is 5.73. The number of aromatic amines is 1. The summed E-state index contributed by atoms with van der Waals surface area (Å²) in [7, 11) is -3.66. The number of H-pyrrole nitrogens is 1. The molecule has 0 aliphatic rings. The van der Waals surface area contributed by atoms with Crippen LogP contribution in [0.3, 0.4) is 0 Å². The first kappa shape index (κ1) is 13.7. The van der Waals surface area contributed by atoms with Crippen LogP contribution in [0.2, 0.25) is 0 Å². The summed E-state index contributed by atoms with van der Waals surface area (Å²) >= 11 is 0. The Morgan fingerprint density at radius 1 is 1.47 bits per heavy atom. The Morgan fingerprint density at radius 3 is 3.00 bits per heavy atom. The van der Waals surface area contributed by atoms with Crippen molar-refractivity contribution in [2.75, 3.05) is 6.54 Å². The van der Waals surface area contributed by atoms with Crippen molar-refractivity contribution in [3.8, 4) is 0 Å². The zero-order chi connectivity index (χ0) is 13.7. The lowest BCUT2D eigenvalue weighted by atomic mass is 10.4. The summed E-state index contributed by atoms with van der Waals surface area (Å²) in [5.41, 5.74) is 0.250. The minimum Gasteiger partial charge on any atom is -0.392 e. The van der Waals surface area contributed by atoms with E-state index in [9.17, 15) is 8.42 Å². The van der Waals surface area contributed by atoms with E-state index >= 15 is 0 Å². The van der Waals surface area contributed by atoms with Crippen molar-refractivity contribution < 1.29 is 13.5 Å². The van der Waals surface area contributed by atoms with Gasteiger partial charge in [0.15, 0.2) is 5.03 Å². The molecule has 0 saturated heterocycles. The summed E-state index contributed by atoms with van der Waals surface area (Å²) in [5, 5.41) is 18.9. The average molecular weight is 285 g/mol. The summed E-state index contributed by atoms with van der Waals surface area (Å²) in [6.45, 7) is 0.539. The average Bonchev–Trinajstić information content (AvgIpc) is 3.05. The van der Waals surface area contributed by atoms with E-state index < -0.39 is 10.0 Å². The van der Waals surface area contributed by atoms with E-state index in [4.69, 9.17) is 5.11 Å². The van der Waals surface area contributed by atoms with Gasteiger partial charge in [0.25, 0.3) is 10.0 Å². The van der Waals surface area contributed by atoms with Crippen LogP contribution >= 0.6 is 0 Å². The minimum atomic E-state index is -3.66. The number of aliphatic hydroxyl groups excluding tert-OH is 1. The number of hydrogen-bond acceptors (Lipinski definition) is 5. The van der Waals surface area contributed by atoms with Gasteiger partial charge in [0.1, 0.15) is 0 Å². The predicted octanol–water partition coefficient (Wildman–Crippen LogP) is -0.533. The third-order valence-corrected chi connectivity index (χ3v) is 4.01. The standard InChI is InChI=1S/C10H15N5O3S/c16-8-9-7-11-14-10(9)19(17,18)13-4-2-6-15-5-1-3-12-15/h1,3,5,7,13,16H,2,4,6,8H2,(H,11,14). The van der Waals surface area contributed by atoms with Crippen LogP contribution < -0.4 is 4.72 Å². The van der Waals surface area contributed by atoms with Crippen LogP contribution in [0.1, 0.15) is 12.0 Å². The summed E-state index contributed by atoms with van der Waals surface area (Å²) in [6.07, 6.45) is 5.39. The van der Waals surface area contributed by atoms with Crippen molar-refractivity contribution in [3.05, 3.63) is 30.2 Å². The lowest BCUT2D eigenvalue weighted by molar-refractivity contribution is 0.278. The van der Waals surface area contributed by atoms with Gasteiger partial charge in [-0.15, -0.1) is 0 Å². The molecule has 104 valence electrons. The van der Waals surface area contributed by atoms with E-state index in [1.807, 2.05) is 12.3 Å². The molecule has 0 aliphatic carbocycles. The van der Waals surface area contributed by atoms with E-state index in [1.165, 1.54) is 6.20 Å². The highest BCUT2D eigenvalue weighted by atomic mass is 32.2. The molecule has 0 atom stereocenters. The van der Waals surface area contributed by atoms with Crippen LogP contribution in [-0.2, 0) is 23.2 Å². The fourth-order valence-corrected chi connectivity index (χ4v) is 2.79. The van der Waals surface area contributed by atoms with Crippen molar-refractivity contribution in [3.63, 3.8) is 0 Å². The van der Waals surface area contributed by atoms with Crippen LogP contribution in [0.5, 0.6) is 0 Å². The molecular weight excluding hydrogens is 270 g/mol. The molecule has 2 aromatic heterocycles. The number of nitrogens with zero attached hydrogens (tertiary/aromatic N) is 3. The fourth-order valence-electron chi connectivity index (χ4n) is 1.60. The highest BCUT2D eigenvalue weighted by Gasteiger charge is 2.19. The van der Waals surface area contributed by atoms with Crippen molar-refractivity contribution in [2.45, 2.75) is 24.6 Å². The van der Waals surface area contributed by atoms with E-state index in [0.29, 0.717) is 13.0 Å². The zero-order valence-electron chi connectivity index (χ0n) is 10.2. The third-order valence-electron chi connectivity index (χ3n) is 2.53. The molecule has 0 unspecified atom stereocenters. The second kappa shape index (κ2) is 5.95. The maximum absolute atomic E-state index is 11.9. The van der Waals surface area contributed by atoms with Gasteiger partial charge in [0.2, 0.25) is 0 Å². The molecule has 2 heterocycles. The number of sulfonamides is 1. The predicted molar refractivity (Wildman–Crippen MR) is 66.5 cm³/mol. The Morgan fingerprint density at radius 2 is 2.32 bits per heavy atom. The molecule has 0 fully saturated rings. The summed E-state index contributed by atoms with van der Waals surface area (Å²) in [5.74, 6) is 0. The van der Waals surface area contributed by atoms with Gasteiger partial charge in [-0.3, -0.25) is 9.78 Å². The van der Waals surface area contributed by atoms with Gasteiger partial charge in [0.05, 0.1) is 12.8 Å². The second-order valence-electron chi connectivity index (χ2n) is 3.90. The van der Waals surface area contributed by atoms with E-state index in [-0.39, 0.29) is 23.7 Å². The van der Waals surface area contributed by atoms with Crippen molar-refractivity contribution in [1.82, 2.24) is 24.7 Å². The van der Waals surface area contributed by atoms with Crippen LogP contribution in [0.15, 0.2) is 29.7 Å². The van der Waals surface area contributed by atoms with E-state index in [0.717, 1.165) is 0 Å². The number of rotatable bonds is 7. The number of hydrogen-bond donors (Lipinski definition) is 3. The van der Waals surface area contributed by atoms with Gasteiger partial charge in [-0.1, -0.05) is 0 Å². The molecule has 3 N–H and O–H groups in total. The van der Waals surface area contributed by atoms with E-state index in [1.54, 1.807) is 10.9 Å². The number of aliphatic hydroxyl groups is 1. The van der Waals surface area contributed by atoms with Gasteiger partial charge in [-0.2, -0.15) is 10.2 Å². The Labute approximate surface area is 110 Å². The molecule has 0 bridgehead atoms. The molecular formula is C10H15N5O3S. The minimum absolute atomic E-state index is 0.0888. The molecule has 8 nitrogen and oxygen atoms in total. The zero-order valence-corrected chi connectivity index (χ0v) is 11.0. The topological polar surface area (TPSA) is 113 Å². The smallest absolute Gasteiger partial charge is 0.257 e. The van der Waals surface area contributed by atoms with Gasteiger partial charge in [0, 0.05) is 31.0 Å². The van der Waals surface area contributed by atoms with Gasteiger partial charge in [-0.05, 0) is 12.5 Å². The molecule has 2 aromatic rings. The van der Waals surface area contributed by atoms with Gasteiger partial charge in [-0.25, -0.2) is 13.1 Å². The quantitative estimate of drug-likeness (QED) is 0.592. The Hall–Kier alpha value is -1.71. The van der Waals surface area contributed by atoms with Crippen LogP contribution in [0.4, 0.5) is 0 Å². The number of nitrogens with one attached hydrogen (secondary N) is 2. The normalized spacial score (nSPS) is 11.8. The van der Waals surface area contributed by atoms with Crippen molar-refractivity contribution in [1.29, 1.82) is 0 Å². The van der Waals surface area contributed by atoms with Crippen molar-refractivity contribution >= 4 is 10.0 Å². The largest absolute Gasteiger partial charge is 0.392 e. The molecule has 0 radical (unpaired) electrons. The van der Waals surface area contributed by atoms with Crippen LogP contribution in [0, 0.1) is 0 Å². The Bertz CT molecular complexity index is 605. The first-order valence-corrected chi connectivity index (χ1v) is 7.22. The first-order chi connectivity index (χ1) is 9.13. The number of aryl methyl sites for hydroxylation is 1. The highest BCUT2D eigenvalue weighted by Crippen LogP contribution is 2.11. The maximum Gasteiger partial charge on any atom is 0.257 e. The van der Waals surface area contributed by atoms with Crippen LogP contribution in [-0.4, -0.2) is 40.0 Å². The second-order valence-corrected chi connectivity index (χ2v) is 5.61. The molecule has 9 heteroatoms. The summed E-state index contributed by atoms with van der Waals surface area (Å²) in [6, 6.07) is 1.81. The monoisotopic (exact) mass is 285 g/mol. The Kier molecular flexibility index (Phi) is 4.30. The maximum atomic E-state index is 11.9. The highest BCUT2D eigenvalue weighted by molar-refractivity contribution is 7.89. The molecule has 2 rings (SSSR count). The molecule has 0 amide bonds. The molecule has 0 saturated carbocycles. The molecule has 0 aromatic carbocycles. The lowest BCUT2D eigenvalue weighted by Crippen LogP contribution is -2.26. The SMILES string of the molecule is O=S(=O)(NCCCn1cccn1)c1[nH]ncc1CO. The summed E-state index contributed by atoms with van der Waals surface area (Å²) in [4.78, 5) is 0. The molecule has 0 spiro atoms. The van der Waals surface area contributed by atoms with E-state index in [2.05, 4.69) is 20.0 Å².